The summed E-state index contributed by atoms with van der Waals surface area (Å²) in [6.07, 6.45) is 4.56. The number of carbonyl (C=O) groups excluding carboxylic acids is 1. The maximum absolute atomic E-state index is 11.5. The van der Waals surface area contributed by atoms with E-state index in [4.69, 9.17) is 0 Å². The zero-order chi connectivity index (χ0) is 9.78. The summed E-state index contributed by atoms with van der Waals surface area (Å²) in [5.74, 6) is 0.352. The van der Waals surface area contributed by atoms with Crippen molar-refractivity contribution in [3.8, 4) is 0 Å². The maximum atomic E-state index is 11.5. The van der Waals surface area contributed by atoms with E-state index in [0.717, 1.165) is 6.42 Å². The number of hydrogen-bond acceptors (Lipinski definition) is 1. The highest BCUT2D eigenvalue weighted by molar-refractivity contribution is 5.91. The van der Waals surface area contributed by atoms with Crippen LogP contribution < -0.4 is 0 Å². The van der Waals surface area contributed by atoms with Crippen molar-refractivity contribution >= 4 is 5.78 Å². The Labute approximate surface area is 75.9 Å². The first-order valence-corrected chi connectivity index (χ1v) is 4.60. The smallest absolute Gasteiger partial charge is 0.158 e. The Morgan fingerprint density at radius 3 is 2.25 bits per heavy atom. The molecule has 0 saturated carbocycles. The Hall–Kier alpha value is -0.590. The van der Waals surface area contributed by atoms with Gasteiger partial charge < -0.3 is 0 Å². The summed E-state index contributed by atoms with van der Waals surface area (Å²) in [5, 5.41) is 0. The molecule has 0 spiro atoms. The van der Waals surface area contributed by atoms with Crippen molar-refractivity contribution in [1.82, 2.24) is 0 Å². The lowest BCUT2D eigenvalue weighted by atomic mass is 9.79. The molecule has 0 N–H and O–H groups in total. The van der Waals surface area contributed by atoms with Gasteiger partial charge in [-0.2, -0.15) is 0 Å². The van der Waals surface area contributed by atoms with Gasteiger partial charge in [0.25, 0.3) is 0 Å². The first-order valence-electron chi connectivity index (χ1n) is 4.60. The SMILES string of the molecule is CC/C=C/C(=O)C(C)C(C)(C)C. The van der Waals surface area contributed by atoms with Crippen LogP contribution in [-0.2, 0) is 4.79 Å². The summed E-state index contributed by atoms with van der Waals surface area (Å²) in [7, 11) is 0. The normalized spacial score (nSPS) is 15.1. The molecule has 0 aromatic heterocycles. The fourth-order valence-electron chi connectivity index (χ4n) is 0.805. The van der Waals surface area contributed by atoms with Crippen LogP contribution in [0.3, 0.4) is 0 Å². The molecule has 1 nitrogen and oxygen atoms in total. The van der Waals surface area contributed by atoms with Gasteiger partial charge in [0.15, 0.2) is 5.78 Å². The van der Waals surface area contributed by atoms with Crippen LogP contribution in [0.4, 0.5) is 0 Å². The van der Waals surface area contributed by atoms with Crippen molar-refractivity contribution in [2.45, 2.75) is 41.0 Å². The second-order valence-electron chi connectivity index (χ2n) is 4.30. The van der Waals surface area contributed by atoms with Crippen LogP contribution in [-0.4, -0.2) is 5.78 Å². The lowest BCUT2D eigenvalue weighted by Gasteiger charge is -2.24. The Bertz CT molecular complexity index is 172. The molecule has 0 aliphatic carbocycles. The topological polar surface area (TPSA) is 17.1 Å². The molecule has 0 rings (SSSR count). The average Bonchev–Trinajstić information content (AvgIpc) is 1.97. The summed E-state index contributed by atoms with van der Waals surface area (Å²) < 4.78 is 0. The molecule has 70 valence electrons. The largest absolute Gasteiger partial charge is 0.295 e. The average molecular weight is 168 g/mol. The minimum atomic E-state index is 0.0785. The van der Waals surface area contributed by atoms with Crippen molar-refractivity contribution in [2.75, 3.05) is 0 Å². The molecule has 0 radical (unpaired) electrons. The fraction of sp³-hybridized carbons (Fsp3) is 0.727. The third-order valence-electron chi connectivity index (χ3n) is 2.24. The predicted octanol–water partition coefficient (Wildman–Crippen LogP) is 3.20. The minimum Gasteiger partial charge on any atom is -0.295 e. The van der Waals surface area contributed by atoms with E-state index in [1.54, 1.807) is 6.08 Å². The first-order chi connectivity index (χ1) is 5.39. The van der Waals surface area contributed by atoms with Gasteiger partial charge in [0.05, 0.1) is 0 Å². The Morgan fingerprint density at radius 1 is 1.42 bits per heavy atom. The molecule has 0 aromatic rings. The number of hydrogen-bond donors (Lipinski definition) is 0. The van der Waals surface area contributed by atoms with Crippen LogP contribution in [0.25, 0.3) is 0 Å². The Morgan fingerprint density at radius 2 is 1.92 bits per heavy atom. The molecule has 0 heterocycles. The van der Waals surface area contributed by atoms with Gasteiger partial charge in [-0.1, -0.05) is 40.7 Å². The summed E-state index contributed by atoms with van der Waals surface area (Å²) in [6, 6.07) is 0. The summed E-state index contributed by atoms with van der Waals surface area (Å²) in [6.45, 7) is 10.3. The minimum absolute atomic E-state index is 0.0785. The second-order valence-corrected chi connectivity index (χ2v) is 4.30. The van der Waals surface area contributed by atoms with Crippen LogP contribution in [0, 0.1) is 11.3 Å². The van der Waals surface area contributed by atoms with Crippen LogP contribution >= 0.6 is 0 Å². The van der Waals surface area contributed by atoms with E-state index >= 15 is 0 Å². The van der Waals surface area contributed by atoms with Gasteiger partial charge in [-0.3, -0.25) is 4.79 Å². The van der Waals surface area contributed by atoms with E-state index in [0.29, 0.717) is 0 Å². The zero-order valence-electron chi connectivity index (χ0n) is 8.85. The molecular formula is C11H20O. The summed E-state index contributed by atoms with van der Waals surface area (Å²) in [4.78, 5) is 11.5. The third kappa shape index (κ3) is 3.70. The van der Waals surface area contributed by atoms with Gasteiger partial charge in [-0.25, -0.2) is 0 Å². The van der Waals surface area contributed by atoms with Gasteiger partial charge >= 0.3 is 0 Å². The molecule has 1 heteroatoms. The molecule has 1 atom stereocenters. The predicted molar refractivity (Wildman–Crippen MR) is 53.1 cm³/mol. The molecule has 0 amide bonds. The number of ketones is 1. The van der Waals surface area contributed by atoms with E-state index in [1.807, 2.05) is 19.9 Å². The lowest BCUT2D eigenvalue weighted by molar-refractivity contribution is -0.120. The zero-order valence-corrected chi connectivity index (χ0v) is 8.85. The van der Waals surface area contributed by atoms with E-state index in [2.05, 4.69) is 20.8 Å². The van der Waals surface area contributed by atoms with Gasteiger partial charge in [-0.15, -0.1) is 0 Å². The second kappa shape index (κ2) is 4.44. The van der Waals surface area contributed by atoms with Crippen molar-refractivity contribution < 1.29 is 4.79 Å². The Kier molecular flexibility index (Phi) is 4.22. The summed E-state index contributed by atoms with van der Waals surface area (Å²) >= 11 is 0. The van der Waals surface area contributed by atoms with Gasteiger partial charge in [0, 0.05) is 5.92 Å². The quantitative estimate of drug-likeness (QED) is 0.591. The maximum Gasteiger partial charge on any atom is 0.158 e. The molecule has 12 heavy (non-hydrogen) atoms. The van der Waals surface area contributed by atoms with Crippen LogP contribution in [0.15, 0.2) is 12.2 Å². The number of allylic oxidation sites excluding steroid dienone is 2. The monoisotopic (exact) mass is 168 g/mol. The molecule has 0 aliphatic rings. The highest BCUT2D eigenvalue weighted by atomic mass is 16.1. The molecular weight excluding hydrogens is 148 g/mol. The van der Waals surface area contributed by atoms with Crippen molar-refractivity contribution in [1.29, 1.82) is 0 Å². The van der Waals surface area contributed by atoms with Crippen molar-refractivity contribution in [3.63, 3.8) is 0 Å². The highest BCUT2D eigenvalue weighted by Crippen LogP contribution is 2.26. The highest BCUT2D eigenvalue weighted by Gasteiger charge is 2.24. The van der Waals surface area contributed by atoms with Gasteiger partial charge in [0.1, 0.15) is 0 Å². The number of carbonyl (C=O) groups is 1. The van der Waals surface area contributed by atoms with Crippen LogP contribution in [0.1, 0.15) is 41.0 Å². The molecule has 0 saturated heterocycles. The van der Waals surface area contributed by atoms with E-state index < -0.39 is 0 Å². The molecule has 1 unspecified atom stereocenters. The van der Waals surface area contributed by atoms with Crippen molar-refractivity contribution in [2.24, 2.45) is 11.3 Å². The number of rotatable bonds is 3. The lowest BCUT2D eigenvalue weighted by Crippen LogP contribution is -2.24. The Balaban J connectivity index is 4.21. The molecule has 0 aliphatic heterocycles. The third-order valence-corrected chi connectivity index (χ3v) is 2.24. The van der Waals surface area contributed by atoms with Crippen molar-refractivity contribution in [3.05, 3.63) is 12.2 Å². The molecule has 0 fully saturated rings. The van der Waals surface area contributed by atoms with E-state index in [-0.39, 0.29) is 17.1 Å². The first kappa shape index (κ1) is 11.4. The van der Waals surface area contributed by atoms with E-state index in [9.17, 15) is 4.79 Å². The van der Waals surface area contributed by atoms with Crippen LogP contribution in [0.2, 0.25) is 0 Å². The van der Waals surface area contributed by atoms with E-state index in [1.165, 1.54) is 0 Å². The molecule has 0 aromatic carbocycles. The van der Waals surface area contributed by atoms with Gasteiger partial charge in [0.2, 0.25) is 0 Å². The fourth-order valence-corrected chi connectivity index (χ4v) is 0.805. The standard InChI is InChI=1S/C11H20O/c1-6-7-8-10(12)9(2)11(3,4)5/h7-9H,6H2,1-5H3/b8-7+. The molecule has 0 bridgehead atoms. The van der Waals surface area contributed by atoms with Crippen LogP contribution in [0.5, 0.6) is 0 Å². The summed E-state index contributed by atoms with van der Waals surface area (Å²) in [5.41, 5.74) is 0.0785. The van der Waals surface area contributed by atoms with Gasteiger partial charge in [-0.05, 0) is 17.9 Å².